The quantitative estimate of drug-likeness (QED) is 0.761. The van der Waals surface area contributed by atoms with Crippen molar-refractivity contribution in [2.75, 3.05) is 12.3 Å². The molecule has 5 heteroatoms. The highest BCUT2D eigenvalue weighted by Gasteiger charge is 2.17. The number of anilines is 1. The maximum absolute atomic E-state index is 5.90. The van der Waals surface area contributed by atoms with Crippen LogP contribution in [0.25, 0.3) is 22.5 Å². The van der Waals surface area contributed by atoms with Gasteiger partial charge in [0, 0.05) is 29.4 Å². The van der Waals surface area contributed by atoms with E-state index >= 15 is 0 Å². The normalized spacial score (nSPS) is 13.0. The van der Waals surface area contributed by atoms with Crippen molar-refractivity contribution in [3.8, 4) is 28.3 Å². The topological polar surface area (TPSA) is 76.8 Å². The molecule has 0 saturated carbocycles. The van der Waals surface area contributed by atoms with Crippen LogP contribution in [0.4, 0.5) is 5.95 Å². The first-order valence-corrected chi connectivity index (χ1v) is 7.25. The molecule has 0 aliphatic carbocycles. The molecule has 1 aliphatic heterocycles. The molecule has 5 nitrogen and oxygen atoms in total. The van der Waals surface area contributed by atoms with E-state index in [0.29, 0.717) is 5.95 Å². The zero-order chi connectivity index (χ0) is 15.1. The number of hydrogen-bond acceptors (Lipinski definition) is 4. The van der Waals surface area contributed by atoms with E-state index in [-0.39, 0.29) is 0 Å². The maximum Gasteiger partial charge on any atom is 0.198 e. The molecule has 1 aromatic carbocycles. The van der Waals surface area contributed by atoms with E-state index in [1.807, 2.05) is 31.2 Å². The molecule has 3 aromatic rings. The minimum absolute atomic E-state index is 0.413. The molecule has 0 saturated heterocycles. The second kappa shape index (κ2) is 4.87. The third-order valence-electron chi connectivity index (χ3n) is 3.87. The highest BCUT2D eigenvalue weighted by atomic mass is 16.5. The van der Waals surface area contributed by atoms with Crippen LogP contribution in [0.5, 0.6) is 5.75 Å². The van der Waals surface area contributed by atoms with E-state index in [1.54, 1.807) is 6.20 Å². The van der Waals surface area contributed by atoms with Gasteiger partial charge in [-0.05, 0) is 42.8 Å². The molecular formula is C17H16N4O. The number of nitrogens with zero attached hydrogens (tertiary/aromatic N) is 2. The number of nitrogen functional groups attached to an aromatic ring is 1. The molecule has 0 atom stereocenters. The molecule has 22 heavy (non-hydrogen) atoms. The Morgan fingerprint density at radius 3 is 2.95 bits per heavy atom. The van der Waals surface area contributed by atoms with E-state index in [0.717, 1.165) is 47.0 Å². The van der Waals surface area contributed by atoms with Crippen LogP contribution in [0.1, 0.15) is 11.3 Å². The highest BCUT2D eigenvalue weighted by Crippen LogP contribution is 2.35. The molecule has 4 rings (SSSR count). The first-order chi connectivity index (χ1) is 10.7. The molecule has 3 heterocycles. The number of aromatic amines is 1. The smallest absolute Gasteiger partial charge is 0.198 e. The Hall–Kier alpha value is -2.82. The molecule has 0 amide bonds. The van der Waals surface area contributed by atoms with Crippen LogP contribution >= 0.6 is 0 Å². The number of benzene rings is 1. The molecule has 2 aromatic heterocycles. The lowest BCUT2D eigenvalue weighted by atomic mass is 10.0. The summed E-state index contributed by atoms with van der Waals surface area (Å²) in [6.45, 7) is 2.72. The Kier molecular flexibility index (Phi) is 2.85. The van der Waals surface area contributed by atoms with Gasteiger partial charge in [-0.1, -0.05) is 0 Å². The average molecular weight is 292 g/mol. The number of nitrogens with one attached hydrogen (secondary N) is 1. The summed E-state index contributed by atoms with van der Waals surface area (Å²) in [6, 6.07) is 10.1. The zero-order valence-electron chi connectivity index (χ0n) is 12.3. The summed E-state index contributed by atoms with van der Waals surface area (Å²) in [4.78, 5) is 11.9. The molecule has 110 valence electrons. The van der Waals surface area contributed by atoms with Crippen LogP contribution in [0.3, 0.4) is 0 Å². The lowest BCUT2D eigenvalue weighted by Gasteiger charge is -2.05. The molecular weight excluding hydrogens is 276 g/mol. The molecule has 0 fully saturated rings. The summed E-state index contributed by atoms with van der Waals surface area (Å²) < 4.78 is 5.56. The van der Waals surface area contributed by atoms with Gasteiger partial charge in [0.05, 0.1) is 18.0 Å². The summed E-state index contributed by atoms with van der Waals surface area (Å²) in [7, 11) is 0. The van der Waals surface area contributed by atoms with Gasteiger partial charge < -0.3 is 15.5 Å². The number of imidazole rings is 1. The fraction of sp³-hybridized carbons (Fsp3) is 0.176. The molecule has 3 N–H and O–H groups in total. The fourth-order valence-electron chi connectivity index (χ4n) is 2.84. The van der Waals surface area contributed by atoms with Gasteiger partial charge in [-0.25, -0.2) is 4.98 Å². The summed E-state index contributed by atoms with van der Waals surface area (Å²) in [5, 5.41) is 0. The molecule has 0 spiro atoms. The van der Waals surface area contributed by atoms with E-state index in [4.69, 9.17) is 10.5 Å². The summed E-state index contributed by atoms with van der Waals surface area (Å²) in [5.74, 6) is 1.38. The van der Waals surface area contributed by atoms with E-state index < -0.39 is 0 Å². The Labute approximate surface area is 128 Å². The van der Waals surface area contributed by atoms with Gasteiger partial charge in [-0.15, -0.1) is 0 Å². The average Bonchev–Trinajstić information content (AvgIpc) is 3.12. The fourth-order valence-corrected chi connectivity index (χ4v) is 2.84. The van der Waals surface area contributed by atoms with Crippen LogP contribution in [-0.4, -0.2) is 21.6 Å². The second-order valence-corrected chi connectivity index (χ2v) is 5.45. The summed E-state index contributed by atoms with van der Waals surface area (Å²) in [6.07, 6.45) is 2.73. The van der Waals surface area contributed by atoms with Crippen molar-refractivity contribution in [2.24, 2.45) is 0 Å². The second-order valence-electron chi connectivity index (χ2n) is 5.45. The van der Waals surface area contributed by atoms with E-state index in [2.05, 4.69) is 21.0 Å². The Balaban J connectivity index is 1.86. The van der Waals surface area contributed by atoms with Crippen molar-refractivity contribution in [1.82, 2.24) is 15.0 Å². The van der Waals surface area contributed by atoms with Crippen LogP contribution in [0.15, 0.2) is 36.5 Å². The van der Waals surface area contributed by atoms with Gasteiger partial charge in [0.1, 0.15) is 5.75 Å². The van der Waals surface area contributed by atoms with Gasteiger partial charge in [0.25, 0.3) is 0 Å². The maximum atomic E-state index is 5.90. The number of ether oxygens (including phenoxy) is 1. The third kappa shape index (κ3) is 2.11. The molecule has 1 aliphatic rings. The standard InChI is InChI=1S/C17H16N4O/c1-10-8-13(4-6-19-10)16-15(20-17(18)21-16)12-2-3-14-11(9-12)5-7-22-14/h2-4,6,8-9H,5,7H2,1H3,(H3,18,20,21). The van der Waals surface area contributed by atoms with Crippen molar-refractivity contribution >= 4 is 5.95 Å². The predicted molar refractivity (Wildman–Crippen MR) is 85.6 cm³/mol. The number of H-pyrrole nitrogens is 1. The van der Waals surface area contributed by atoms with E-state index in [9.17, 15) is 0 Å². The monoisotopic (exact) mass is 292 g/mol. The Morgan fingerprint density at radius 1 is 1.18 bits per heavy atom. The number of fused-ring (bicyclic) bond motifs is 1. The molecule has 0 unspecified atom stereocenters. The van der Waals surface area contributed by atoms with Crippen LogP contribution in [-0.2, 0) is 6.42 Å². The first kappa shape index (κ1) is 12.9. The number of rotatable bonds is 2. The van der Waals surface area contributed by atoms with Crippen molar-refractivity contribution in [2.45, 2.75) is 13.3 Å². The van der Waals surface area contributed by atoms with Crippen molar-refractivity contribution in [1.29, 1.82) is 0 Å². The van der Waals surface area contributed by atoms with Gasteiger partial charge in [0.15, 0.2) is 5.95 Å². The van der Waals surface area contributed by atoms with E-state index in [1.165, 1.54) is 5.56 Å². The highest BCUT2D eigenvalue weighted by molar-refractivity contribution is 5.80. The Morgan fingerprint density at radius 2 is 2.09 bits per heavy atom. The lowest BCUT2D eigenvalue weighted by molar-refractivity contribution is 0.357. The summed E-state index contributed by atoms with van der Waals surface area (Å²) in [5.41, 5.74) is 11.9. The van der Waals surface area contributed by atoms with Gasteiger partial charge in [-0.3, -0.25) is 4.98 Å². The lowest BCUT2D eigenvalue weighted by Crippen LogP contribution is -1.88. The predicted octanol–water partition coefficient (Wildman–Crippen LogP) is 2.96. The number of aromatic nitrogens is 3. The minimum Gasteiger partial charge on any atom is -0.493 e. The number of hydrogen-bond donors (Lipinski definition) is 2. The molecule has 0 radical (unpaired) electrons. The van der Waals surface area contributed by atoms with Crippen LogP contribution in [0, 0.1) is 6.92 Å². The van der Waals surface area contributed by atoms with Crippen molar-refractivity contribution in [3.05, 3.63) is 47.8 Å². The minimum atomic E-state index is 0.413. The van der Waals surface area contributed by atoms with Crippen molar-refractivity contribution < 1.29 is 4.74 Å². The van der Waals surface area contributed by atoms with Gasteiger partial charge >= 0.3 is 0 Å². The van der Waals surface area contributed by atoms with Crippen LogP contribution < -0.4 is 10.5 Å². The number of pyridine rings is 1. The third-order valence-corrected chi connectivity index (χ3v) is 3.87. The first-order valence-electron chi connectivity index (χ1n) is 7.25. The number of nitrogens with two attached hydrogens (primary N) is 1. The largest absolute Gasteiger partial charge is 0.493 e. The number of aryl methyl sites for hydroxylation is 1. The van der Waals surface area contributed by atoms with Crippen LogP contribution in [0.2, 0.25) is 0 Å². The van der Waals surface area contributed by atoms with Crippen molar-refractivity contribution in [3.63, 3.8) is 0 Å². The van der Waals surface area contributed by atoms with Gasteiger partial charge in [0.2, 0.25) is 0 Å². The van der Waals surface area contributed by atoms with Gasteiger partial charge in [-0.2, -0.15) is 0 Å². The zero-order valence-corrected chi connectivity index (χ0v) is 12.3. The SMILES string of the molecule is Cc1cc(-c2[nH]c(N)nc2-c2ccc3c(c2)CCO3)ccn1. The Bertz CT molecular complexity index is 854. The molecule has 0 bridgehead atoms. The summed E-state index contributed by atoms with van der Waals surface area (Å²) >= 11 is 0.